The van der Waals surface area contributed by atoms with Crippen LogP contribution in [-0.2, 0) is 19.3 Å². The molecule has 2 aromatic carbocycles. The Balaban J connectivity index is 1.74. The molecule has 0 aliphatic rings. The zero-order valence-corrected chi connectivity index (χ0v) is 18.1. The Morgan fingerprint density at radius 2 is 1.45 bits per heavy atom. The van der Waals surface area contributed by atoms with Gasteiger partial charge in [0.25, 0.3) is 0 Å². The fraction of sp³-hybridized carbons (Fsp3) is 0.231. The van der Waals surface area contributed by atoms with E-state index in [0.29, 0.717) is 0 Å². The van der Waals surface area contributed by atoms with Crippen LogP contribution in [0.5, 0.6) is 0 Å². The number of hydrogen-bond acceptors (Lipinski definition) is 3. The van der Waals surface area contributed by atoms with Crippen LogP contribution >= 0.6 is 11.5 Å². The van der Waals surface area contributed by atoms with Gasteiger partial charge in [0.2, 0.25) is 0 Å². The molecule has 4 aromatic rings. The van der Waals surface area contributed by atoms with Crippen molar-refractivity contribution in [2.75, 3.05) is 0 Å². The van der Waals surface area contributed by atoms with E-state index < -0.39 is 0 Å². The standard InChI is InChI=1S/C26H26N2S/c1-4-18-15-22(16-19(5-2)23(18)6-3)26-24(17-28-29-26)20-10-12-21(13-11-20)25-9-7-8-14-27-25/h7-17H,4-6H2,1-3H3. The Bertz CT molecular complexity index is 1070. The van der Waals surface area contributed by atoms with Crippen molar-refractivity contribution in [3.05, 3.63) is 83.7 Å². The van der Waals surface area contributed by atoms with Gasteiger partial charge in [-0.15, -0.1) is 0 Å². The summed E-state index contributed by atoms with van der Waals surface area (Å²) < 4.78 is 4.54. The van der Waals surface area contributed by atoms with E-state index in [-0.39, 0.29) is 0 Å². The van der Waals surface area contributed by atoms with Crippen molar-refractivity contribution in [3.63, 3.8) is 0 Å². The molecule has 0 radical (unpaired) electrons. The molecular weight excluding hydrogens is 372 g/mol. The minimum atomic E-state index is 0.998. The second-order valence-electron chi connectivity index (χ2n) is 7.19. The molecule has 0 saturated carbocycles. The molecule has 146 valence electrons. The number of benzene rings is 2. The topological polar surface area (TPSA) is 25.8 Å². The van der Waals surface area contributed by atoms with E-state index in [1.165, 1.54) is 38.3 Å². The summed E-state index contributed by atoms with van der Waals surface area (Å²) in [5.41, 5.74) is 10.3. The maximum atomic E-state index is 4.54. The van der Waals surface area contributed by atoms with Crippen LogP contribution < -0.4 is 0 Å². The van der Waals surface area contributed by atoms with E-state index in [1.807, 2.05) is 30.6 Å². The molecular formula is C26H26N2S. The number of pyridine rings is 1. The minimum absolute atomic E-state index is 0.998. The third kappa shape index (κ3) is 3.88. The van der Waals surface area contributed by atoms with Crippen LogP contribution in [0.4, 0.5) is 0 Å². The van der Waals surface area contributed by atoms with Crippen LogP contribution in [0.2, 0.25) is 0 Å². The molecule has 29 heavy (non-hydrogen) atoms. The summed E-state index contributed by atoms with van der Waals surface area (Å²) in [6.07, 6.45) is 7.06. The third-order valence-electron chi connectivity index (χ3n) is 5.54. The highest BCUT2D eigenvalue weighted by Gasteiger charge is 2.15. The fourth-order valence-electron chi connectivity index (χ4n) is 4.02. The molecule has 0 fully saturated rings. The van der Waals surface area contributed by atoms with Gasteiger partial charge >= 0.3 is 0 Å². The van der Waals surface area contributed by atoms with E-state index in [0.717, 1.165) is 30.5 Å². The second kappa shape index (κ2) is 8.71. The fourth-order valence-corrected chi connectivity index (χ4v) is 4.78. The molecule has 2 nitrogen and oxygen atoms in total. The Kier molecular flexibility index (Phi) is 5.86. The first-order valence-electron chi connectivity index (χ1n) is 10.4. The normalized spacial score (nSPS) is 11.0. The van der Waals surface area contributed by atoms with Gasteiger partial charge in [0.15, 0.2) is 0 Å². The summed E-state index contributed by atoms with van der Waals surface area (Å²) >= 11 is 1.59. The second-order valence-corrected chi connectivity index (χ2v) is 8.00. The molecule has 2 aromatic heterocycles. The lowest BCUT2D eigenvalue weighted by Crippen LogP contribution is -1.98. The van der Waals surface area contributed by atoms with Gasteiger partial charge in [0.1, 0.15) is 0 Å². The van der Waals surface area contributed by atoms with Crippen LogP contribution in [-0.4, -0.2) is 9.36 Å². The average molecular weight is 399 g/mol. The summed E-state index contributed by atoms with van der Waals surface area (Å²) in [7, 11) is 0. The van der Waals surface area contributed by atoms with Crippen molar-refractivity contribution in [2.45, 2.75) is 40.0 Å². The molecule has 2 heterocycles. The Hall–Kier alpha value is -2.78. The zero-order chi connectivity index (χ0) is 20.2. The van der Waals surface area contributed by atoms with Crippen molar-refractivity contribution < 1.29 is 0 Å². The van der Waals surface area contributed by atoms with Crippen molar-refractivity contribution in [1.29, 1.82) is 0 Å². The van der Waals surface area contributed by atoms with E-state index in [4.69, 9.17) is 0 Å². The minimum Gasteiger partial charge on any atom is -0.256 e. The SMILES string of the molecule is CCc1cc(-c2sncc2-c2ccc(-c3ccccn3)cc2)cc(CC)c1CC. The number of rotatable bonds is 6. The predicted molar refractivity (Wildman–Crippen MR) is 124 cm³/mol. The largest absolute Gasteiger partial charge is 0.256 e. The van der Waals surface area contributed by atoms with E-state index in [9.17, 15) is 0 Å². The van der Waals surface area contributed by atoms with E-state index in [2.05, 4.69) is 66.5 Å². The Morgan fingerprint density at radius 1 is 0.759 bits per heavy atom. The highest BCUT2D eigenvalue weighted by molar-refractivity contribution is 7.10. The summed E-state index contributed by atoms with van der Waals surface area (Å²) in [5.74, 6) is 0. The maximum Gasteiger partial charge on any atom is 0.0701 e. The molecule has 0 aliphatic carbocycles. The quantitative estimate of drug-likeness (QED) is 0.342. The van der Waals surface area contributed by atoms with Crippen LogP contribution in [0.3, 0.4) is 0 Å². The van der Waals surface area contributed by atoms with Crippen LogP contribution in [0.15, 0.2) is 67.0 Å². The van der Waals surface area contributed by atoms with Gasteiger partial charge < -0.3 is 0 Å². The van der Waals surface area contributed by atoms with Crippen molar-refractivity contribution in [2.24, 2.45) is 0 Å². The molecule has 0 spiro atoms. The predicted octanol–water partition coefficient (Wildman–Crippen LogP) is 7.23. The van der Waals surface area contributed by atoms with Crippen molar-refractivity contribution in [1.82, 2.24) is 9.36 Å². The first-order valence-corrected chi connectivity index (χ1v) is 11.1. The molecule has 3 heteroatoms. The lowest BCUT2D eigenvalue weighted by molar-refractivity contribution is 0.983. The van der Waals surface area contributed by atoms with E-state index >= 15 is 0 Å². The van der Waals surface area contributed by atoms with Crippen LogP contribution in [0.25, 0.3) is 32.8 Å². The lowest BCUT2D eigenvalue weighted by atomic mass is 9.91. The van der Waals surface area contributed by atoms with Crippen molar-refractivity contribution in [3.8, 4) is 32.8 Å². The zero-order valence-electron chi connectivity index (χ0n) is 17.3. The van der Waals surface area contributed by atoms with Gasteiger partial charge in [-0.2, -0.15) is 4.37 Å². The molecule has 0 unspecified atom stereocenters. The van der Waals surface area contributed by atoms with Gasteiger partial charge in [-0.25, -0.2) is 0 Å². The average Bonchev–Trinajstić information content (AvgIpc) is 3.28. The van der Waals surface area contributed by atoms with Gasteiger partial charge in [0.05, 0.1) is 10.6 Å². The molecule has 0 saturated heterocycles. The highest BCUT2D eigenvalue weighted by Crippen LogP contribution is 2.38. The number of aryl methyl sites for hydroxylation is 2. The van der Waals surface area contributed by atoms with Crippen LogP contribution in [0, 0.1) is 0 Å². The van der Waals surface area contributed by atoms with Crippen molar-refractivity contribution >= 4 is 11.5 Å². The molecule has 0 bridgehead atoms. The van der Waals surface area contributed by atoms with Gasteiger partial charge in [-0.3, -0.25) is 4.98 Å². The maximum absolute atomic E-state index is 4.54. The van der Waals surface area contributed by atoms with Gasteiger partial charge in [-0.05, 0) is 82.9 Å². The smallest absolute Gasteiger partial charge is 0.0701 e. The highest BCUT2D eigenvalue weighted by atomic mass is 32.1. The first kappa shape index (κ1) is 19.5. The number of hydrogen-bond donors (Lipinski definition) is 0. The third-order valence-corrected chi connectivity index (χ3v) is 6.39. The Labute approximate surface area is 177 Å². The number of nitrogens with zero attached hydrogens (tertiary/aromatic N) is 2. The molecule has 4 rings (SSSR count). The first-order chi connectivity index (χ1) is 14.2. The summed E-state index contributed by atoms with van der Waals surface area (Å²) in [6.45, 7) is 6.76. The molecule has 0 aliphatic heterocycles. The number of aromatic nitrogens is 2. The van der Waals surface area contributed by atoms with Crippen LogP contribution in [0.1, 0.15) is 37.5 Å². The Morgan fingerprint density at radius 3 is 2.03 bits per heavy atom. The summed E-state index contributed by atoms with van der Waals surface area (Å²) in [4.78, 5) is 5.70. The summed E-state index contributed by atoms with van der Waals surface area (Å²) in [5, 5.41) is 0. The lowest BCUT2D eigenvalue weighted by Gasteiger charge is -2.15. The van der Waals surface area contributed by atoms with E-state index in [1.54, 1.807) is 11.5 Å². The monoisotopic (exact) mass is 398 g/mol. The molecule has 0 N–H and O–H groups in total. The van der Waals surface area contributed by atoms with Gasteiger partial charge in [-0.1, -0.05) is 51.1 Å². The molecule has 0 amide bonds. The van der Waals surface area contributed by atoms with Gasteiger partial charge in [0, 0.05) is 23.5 Å². The summed E-state index contributed by atoms with van der Waals surface area (Å²) in [6, 6.07) is 19.4. The molecule has 0 atom stereocenters.